The number of rotatable bonds is 6. The summed E-state index contributed by atoms with van der Waals surface area (Å²) in [4.78, 5) is 68.1. The number of fused-ring (bicyclic) bond motifs is 2. The van der Waals surface area contributed by atoms with Crippen molar-refractivity contribution in [2.75, 3.05) is 28.4 Å². The Morgan fingerprint density at radius 3 is 1.98 bits per heavy atom. The highest BCUT2D eigenvalue weighted by Crippen LogP contribution is 2.33. The van der Waals surface area contributed by atoms with Gasteiger partial charge in [-0.25, -0.2) is 14.4 Å². The van der Waals surface area contributed by atoms with E-state index in [-0.39, 0.29) is 33.3 Å². The van der Waals surface area contributed by atoms with Gasteiger partial charge in [0.05, 0.1) is 61.5 Å². The molecule has 2 aromatic rings. The van der Waals surface area contributed by atoms with E-state index in [4.69, 9.17) is 23.4 Å². The van der Waals surface area contributed by atoms with E-state index in [1.807, 2.05) is 13.8 Å². The average Bonchev–Trinajstić information content (AvgIpc) is 3.10. The van der Waals surface area contributed by atoms with Crippen LogP contribution in [0, 0.1) is 19.8 Å². The summed E-state index contributed by atoms with van der Waals surface area (Å²) < 4.78 is 26.4. The van der Waals surface area contributed by atoms with Crippen LogP contribution in [0.2, 0.25) is 0 Å². The number of hydrogen-bond donors (Lipinski definition) is 1. The molecule has 0 amide bonds. The van der Waals surface area contributed by atoms with Crippen LogP contribution in [0.3, 0.4) is 0 Å². The molecule has 1 unspecified atom stereocenters. The topological polar surface area (TPSA) is 147 Å². The first-order valence-electron chi connectivity index (χ1n) is 13.3. The van der Waals surface area contributed by atoms with Crippen LogP contribution in [0.5, 0.6) is 0 Å². The molecule has 0 saturated heterocycles. The second kappa shape index (κ2) is 12.0. The van der Waals surface area contributed by atoms with E-state index in [1.54, 1.807) is 12.1 Å². The minimum Gasteiger partial charge on any atom is -0.468 e. The molecule has 11 nitrogen and oxygen atoms in total. The second-order valence-corrected chi connectivity index (χ2v) is 10.1. The van der Waals surface area contributed by atoms with Gasteiger partial charge in [-0.15, -0.1) is 0 Å². The number of hydrogen-bond acceptors (Lipinski definition) is 11. The number of carbonyl (C=O) groups excluding carboxylic acids is 4. The number of nitrogens with one attached hydrogen (secondary N) is 1. The molecule has 0 spiro atoms. The number of carbonyl (C=O) groups is 4. The third-order valence-electron chi connectivity index (χ3n) is 7.69. The van der Waals surface area contributed by atoms with Gasteiger partial charge in [0, 0.05) is 6.04 Å². The lowest BCUT2D eigenvalue weighted by Gasteiger charge is -2.27. The quantitative estimate of drug-likeness (QED) is 0.397. The van der Waals surface area contributed by atoms with Crippen LogP contribution in [0.15, 0.2) is 32.5 Å². The van der Waals surface area contributed by atoms with Crippen molar-refractivity contribution in [2.45, 2.75) is 52.0 Å². The van der Waals surface area contributed by atoms with Crippen molar-refractivity contribution < 1.29 is 42.5 Å². The predicted octanol–water partition coefficient (Wildman–Crippen LogP) is 1.21. The van der Waals surface area contributed by atoms with Crippen LogP contribution in [0.25, 0.3) is 22.2 Å². The zero-order valence-corrected chi connectivity index (χ0v) is 23.9. The molecule has 0 bridgehead atoms. The molecule has 1 atom stereocenters. The van der Waals surface area contributed by atoms with E-state index in [9.17, 15) is 24.0 Å². The van der Waals surface area contributed by atoms with Crippen molar-refractivity contribution in [1.29, 1.82) is 0 Å². The average molecular weight is 568 g/mol. The molecule has 0 aliphatic heterocycles. The molecule has 2 aliphatic rings. The largest absolute Gasteiger partial charge is 0.468 e. The van der Waals surface area contributed by atoms with Crippen molar-refractivity contribution in [1.82, 2.24) is 5.32 Å². The van der Waals surface area contributed by atoms with E-state index < -0.39 is 51.9 Å². The Bertz CT molecular complexity index is 1660. The number of aryl methyl sites for hydroxylation is 2. The zero-order chi connectivity index (χ0) is 30.0. The molecule has 1 fully saturated rings. The van der Waals surface area contributed by atoms with Crippen LogP contribution in [0.4, 0.5) is 0 Å². The van der Waals surface area contributed by atoms with Gasteiger partial charge in [-0.1, -0.05) is 19.3 Å². The molecule has 1 N–H and O–H groups in total. The second-order valence-electron chi connectivity index (χ2n) is 10.1. The molecule has 218 valence electrons. The summed E-state index contributed by atoms with van der Waals surface area (Å²) in [5.74, 6) is -6.15. The smallest absolute Gasteiger partial charge is 0.340 e. The molecule has 4 rings (SSSR count). The lowest BCUT2D eigenvalue weighted by Crippen LogP contribution is -2.48. The third kappa shape index (κ3) is 5.23. The van der Waals surface area contributed by atoms with Crippen LogP contribution < -0.4 is 21.4 Å². The van der Waals surface area contributed by atoms with Gasteiger partial charge in [0.25, 0.3) is 0 Å². The highest BCUT2D eigenvalue weighted by molar-refractivity contribution is 6.22. The van der Waals surface area contributed by atoms with Crippen LogP contribution >= 0.6 is 0 Å². The van der Waals surface area contributed by atoms with Gasteiger partial charge in [-0.2, -0.15) is 0 Å². The first kappa shape index (κ1) is 29.6. The fourth-order valence-corrected chi connectivity index (χ4v) is 5.46. The molecule has 11 heteroatoms. The maximum Gasteiger partial charge on any atom is 0.340 e. The summed E-state index contributed by atoms with van der Waals surface area (Å²) in [7, 11) is 4.30. The Morgan fingerprint density at radius 1 is 0.805 bits per heavy atom. The Morgan fingerprint density at radius 2 is 1.39 bits per heavy atom. The van der Waals surface area contributed by atoms with Gasteiger partial charge in [0.1, 0.15) is 11.5 Å². The van der Waals surface area contributed by atoms with E-state index in [1.165, 1.54) is 0 Å². The summed E-state index contributed by atoms with van der Waals surface area (Å²) in [5.41, 5.74) is -0.722. The van der Waals surface area contributed by atoms with Gasteiger partial charge >= 0.3 is 23.9 Å². The van der Waals surface area contributed by atoms with E-state index >= 15 is 0 Å². The third-order valence-corrected chi connectivity index (χ3v) is 7.69. The number of ether oxygens (including phenoxy) is 4. The highest BCUT2D eigenvalue weighted by atomic mass is 16.5. The molecule has 2 aliphatic carbocycles. The van der Waals surface area contributed by atoms with Gasteiger partial charge in [0.15, 0.2) is 5.42 Å². The summed E-state index contributed by atoms with van der Waals surface area (Å²) in [6, 6.07) is 3.10. The molecular formula is C30H33NO10. The summed E-state index contributed by atoms with van der Waals surface area (Å²) >= 11 is 0. The van der Waals surface area contributed by atoms with Gasteiger partial charge in [-0.05, 0) is 49.9 Å². The normalized spacial score (nSPS) is 17.5. The summed E-state index contributed by atoms with van der Waals surface area (Å²) in [5, 5.41) is 3.26. The lowest BCUT2D eigenvalue weighted by atomic mass is 9.87. The van der Waals surface area contributed by atoms with Gasteiger partial charge in [-0.3, -0.25) is 9.59 Å². The molecule has 1 saturated carbocycles. The molecular weight excluding hydrogens is 534 g/mol. The molecule has 1 aromatic heterocycles. The predicted molar refractivity (Wildman–Crippen MR) is 147 cm³/mol. The fourth-order valence-electron chi connectivity index (χ4n) is 5.46. The first-order chi connectivity index (χ1) is 19.6. The van der Waals surface area contributed by atoms with Crippen molar-refractivity contribution in [2.24, 2.45) is 5.92 Å². The SMILES string of the molecule is COC(=O)C1=C(C(=O)OC)C(C(=O)OC)C(C(=O)OC)=c2oc3cc(C)c(C)cc3c(=O)c2=C1NC1CCCCC1. The van der Waals surface area contributed by atoms with Crippen molar-refractivity contribution in [3.63, 3.8) is 0 Å². The monoisotopic (exact) mass is 567 g/mol. The van der Waals surface area contributed by atoms with E-state index in [0.29, 0.717) is 12.8 Å². The molecule has 0 radical (unpaired) electrons. The highest BCUT2D eigenvalue weighted by Gasteiger charge is 2.45. The first-order valence-corrected chi connectivity index (χ1v) is 13.3. The number of methoxy groups -OCH3 is 4. The van der Waals surface area contributed by atoms with E-state index in [0.717, 1.165) is 58.8 Å². The Hall–Kier alpha value is -4.41. The summed E-state index contributed by atoms with van der Waals surface area (Å²) in [6.45, 7) is 3.66. The van der Waals surface area contributed by atoms with Crippen molar-refractivity contribution in [3.8, 4) is 0 Å². The lowest BCUT2D eigenvalue weighted by molar-refractivity contribution is -0.147. The minimum atomic E-state index is -1.86. The van der Waals surface area contributed by atoms with Crippen molar-refractivity contribution >= 4 is 46.1 Å². The Balaban J connectivity index is 2.38. The Labute approximate surface area is 235 Å². The van der Waals surface area contributed by atoms with Crippen LogP contribution in [0.1, 0.15) is 43.2 Å². The van der Waals surface area contributed by atoms with Crippen molar-refractivity contribution in [3.05, 3.63) is 55.3 Å². The fraction of sp³-hybridized carbons (Fsp3) is 0.433. The molecule has 1 aromatic carbocycles. The maximum absolute atomic E-state index is 14.4. The van der Waals surface area contributed by atoms with Gasteiger partial charge < -0.3 is 28.7 Å². The molecule has 1 heterocycles. The maximum atomic E-state index is 14.4. The van der Waals surface area contributed by atoms with Gasteiger partial charge in [0.2, 0.25) is 5.43 Å². The van der Waals surface area contributed by atoms with Crippen LogP contribution in [-0.4, -0.2) is 58.4 Å². The standard InChI is InChI=1S/C30H33NO10/c1-14-12-17-18(13-15(14)2)41-26-22(30(36)40-6)20(28(34)38-4)19(27(33)37-3)21(29(35)39-5)24(23(26)25(17)32)31-16-10-8-7-9-11-16/h12-13,16,20,31H,7-11H2,1-6H3. The van der Waals surface area contributed by atoms with E-state index in [2.05, 4.69) is 5.32 Å². The zero-order valence-electron chi connectivity index (χ0n) is 23.9. The number of esters is 4. The molecule has 41 heavy (non-hydrogen) atoms. The summed E-state index contributed by atoms with van der Waals surface area (Å²) in [6.07, 6.45) is 4.24. The van der Waals surface area contributed by atoms with Crippen LogP contribution in [-0.2, 0) is 38.1 Å². The number of benzene rings is 1. The minimum absolute atomic E-state index is 0.0964. The Kier molecular flexibility index (Phi) is 8.65.